The van der Waals surface area contributed by atoms with Gasteiger partial charge in [0.1, 0.15) is 6.07 Å². The van der Waals surface area contributed by atoms with Crippen molar-refractivity contribution in [1.29, 1.82) is 5.26 Å². The Morgan fingerprint density at radius 1 is 0.475 bits per heavy atom. The third-order valence-corrected chi connectivity index (χ3v) is 9.67. The Bertz CT molecular complexity index is 2960. The number of aromatic amines is 1. The SMILES string of the molecule is N#Cc1ccc(-c2ccccc2)cc1NC(=O)c1cncc(-c2ccccc2)c1.O=C(Nc1cc(-c2ccccc2)ccc1-c1nn[nH]n1)c1cncc(-c2ccccc2)c1. The van der Waals surface area contributed by atoms with Crippen LogP contribution in [0.4, 0.5) is 11.4 Å². The summed E-state index contributed by atoms with van der Waals surface area (Å²) < 4.78 is 0. The smallest absolute Gasteiger partial charge is 0.257 e. The standard InChI is InChI=1S/C25H18N6O.C25H17N3O/c32-25(21-13-20(15-26-16-21)18-9-5-2-6-10-18)27-23-14-19(17-7-3-1-4-8-17)11-12-22(23)24-28-30-31-29-24;26-15-21-12-11-20(18-7-3-1-4-8-18)14-24(21)28-25(29)23-13-22(16-27-17-23)19-9-5-2-6-10-19/h1-16H,(H,27,32)(H,28,29,30,31);1-14,16-17H,(H,28,29). The minimum atomic E-state index is -0.308. The molecule has 11 nitrogen and oxygen atoms in total. The number of H-pyrrole nitrogens is 1. The van der Waals surface area contributed by atoms with Gasteiger partial charge in [0.15, 0.2) is 0 Å². The van der Waals surface area contributed by atoms with Gasteiger partial charge in [-0.3, -0.25) is 19.6 Å². The second-order valence-electron chi connectivity index (χ2n) is 13.7. The summed E-state index contributed by atoms with van der Waals surface area (Å²) in [6.45, 7) is 0. The Morgan fingerprint density at radius 2 is 0.918 bits per heavy atom. The number of nitrogens with one attached hydrogen (secondary N) is 3. The van der Waals surface area contributed by atoms with Crippen molar-refractivity contribution < 1.29 is 9.59 Å². The molecule has 0 radical (unpaired) electrons. The van der Waals surface area contributed by atoms with Crippen LogP contribution in [0.15, 0.2) is 195 Å². The second kappa shape index (κ2) is 18.6. The van der Waals surface area contributed by atoms with Gasteiger partial charge in [-0.05, 0) is 75.0 Å². The molecule has 0 bridgehead atoms. The number of nitrogens with zero attached hydrogens (tertiary/aromatic N) is 6. The molecule has 3 N–H and O–H groups in total. The van der Waals surface area contributed by atoms with E-state index in [-0.39, 0.29) is 11.8 Å². The molecular formula is C50H35N9O2. The number of nitriles is 1. The molecule has 0 aliphatic rings. The van der Waals surface area contributed by atoms with Crippen LogP contribution in [0.1, 0.15) is 26.3 Å². The van der Waals surface area contributed by atoms with E-state index in [1.54, 1.807) is 30.7 Å². The summed E-state index contributed by atoms with van der Waals surface area (Å²) >= 11 is 0. The molecule has 11 heteroatoms. The summed E-state index contributed by atoms with van der Waals surface area (Å²) in [4.78, 5) is 34.5. The lowest BCUT2D eigenvalue weighted by Crippen LogP contribution is -2.13. The third-order valence-electron chi connectivity index (χ3n) is 9.67. The summed E-state index contributed by atoms with van der Waals surface area (Å²) in [5, 5.41) is 29.6. The van der Waals surface area contributed by atoms with Crippen LogP contribution in [0.5, 0.6) is 0 Å². The number of tetrazole rings is 1. The number of amides is 2. The van der Waals surface area contributed by atoms with Crippen molar-refractivity contribution in [3.63, 3.8) is 0 Å². The van der Waals surface area contributed by atoms with Crippen LogP contribution < -0.4 is 10.6 Å². The van der Waals surface area contributed by atoms with Crippen molar-refractivity contribution in [1.82, 2.24) is 30.6 Å². The normalized spacial score (nSPS) is 10.4. The molecule has 3 heterocycles. The summed E-state index contributed by atoms with van der Waals surface area (Å²) in [7, 11) is 0. The minimum Gasteiger partial charge on any atom is -0.321 e. The number of aromatic nitrogens is 6. The van der Waals surface area contributed by atoms with Crippen molar-refractivity contribution in [3.8, 4) is 62.0 Å². The van der Waals surface area contributed by atoms with Crippen LogP contribution in [0.3, 0.4) is 0 Å². The van der Waals surface area contributed by atoms with Gasteiger partial charge >= 0.3 is 0 Å². The quantitative estimate of drug-likeness (QED) is 0.130. The van der Waals surface area contributed by atoms with Gasteiger partial charge in [-0.1, -0.05) is 133 Å². The van der Waals surface area contributed by atoms with E-state index in [9.17, 15) is 14.9 Å². The van der Waals surface area contributed by atoms with Crippen LogP contribution in [-0.2, 0) is 0 Å². The van der Waals surface area contributed by atoms with Crippen molar-refractivity contribution >= 4 is 23.2 Å². The third kappa shape index (κ3) is 9.47. The molecule has 0 saturated heterocycles. The number of benzene rings is 6. The average Bonchev–Trinajstić information content (AvgIpc) is 3.88. The molecule has 3 aromatic heterocycles. The molecule has 0 unspecified atom stereocenters. The van der Waals surface area contributed by atoms with Crippen LogP contribution >= 0.6 is 0 Å². The molecule has 9 aromatic rings. The van der Waals surface area contributed by atoms with E-state index in [4.69, 9.17) is 0 Å². The molecule has 0 aliphatic carbocycles. The lowest BCUT2D eigenvalue weighted by molar-refractivity contribution is 0.101. The van der Waals surface area contributed by atoms with E-state index in [1.165, 1.54) is 6.20 Å². The number of anilines is 2. The van der Waals surface area contributed by atoms with Crippen molar-refractivity contribution in [2.45, 2.75) is 0 Å². The first-order valence-electron chi connectivity index (χ1n) is 19.2. The largest absolute Gasteiger partial charge is 0.321 e. The van der Waals surface area contributed by atoms with Crippen LogP contribution in [0.25, 0.3) is 55.9 Å². The number of hydrogen-bond donors (Lipinski definition) is 3. The molecule has 0 fully saturated rings. The van der Waals surface area contributed by atoms with Crippen molar-refractivity contribution in [2.75, 3.05) is 10.6 Å². The van der Waals surface area contributed by atoms with Gasteiger partial charge in [-0.15, -0.1) is 10.2 Å². The summed E-state index contributed by atoms with van der Waals surface area (Å²) in [6, 6.07) is 56.3. The van der Waals surface area contributed by atoms with Gasteiger partial charge in [-0.25, -0.2) is 0 Å². The molecule has 6 aromatic carbocycles. The first kappa shape index (κ1) is 39.0. The Morgan fingerprint density at radius 3 is 1.38 bits per heavy atom. The predicted octanol–water partition coefficient (Wildman–Crippen LogP) is 10.4. The fourth-order valence-corrected chi connectivity index (χ4v) is 6.58. The Balaban J connectivity index is 0.000000169. The molecular weight excluding hydrogens is 759 g/mol. The van der Waals surface area contributed by atoms with Gasteiger partial charge in [0.05, 0.1) is 28.1 Å². The van der Waals surface area contributed by atoms with E-state index in [1.807, 2.05) is 158 Å². The zero-order valence-corrected chi connectivity index (χ0v) is 32.5. The fraction of sp³-hybridized carbons (Fsp3) is 0. The highest BCUT2D eigenvalue weighted by atomic mass is 16.2. The van der Waals surface area contributed by atoms with Crippen LogP contribution in [0.2, 0.25) is 0 Å². The molecule has 2 amide bonds. The van der Waals surface area contributed by atoms with E-state index in [0.717, 1.165) is 44.5 Å². The Hall–Kier alpha value is -8.88. The molecule has 292 valence electrons. The second-order valence-corrected chi connectivity index (χ2v) is 13.7. The molecule has 61 heavy (non-hydrogen) atoms. The monoisotopic (exact) mass is 793 g/mol. The lowest BCUT2D eigenvalue weighted by Gasteiger charge is -2.12. The van der Waals surface area contributed by atoms with Crippen molar-refractivity contribution in [3.05, 3.63) is 211 Å². The molecule has 9 rings (SSSR count). The predicted molar refractivity (Wildman–Crippen MR) is 237 cm³/mol. The van der Waals surface area contributed by atoms with Crippen molar-refractivity contribution in [2.24, 2.45) is 0 Å². The zero-order valence-electron chi connectivity index (χ0n) is 32.5. The molecule has 0 spiro atoms. The molecule has 0 aliphatic heterocycles. The highest BCUT2D eigenvalue weighted by Crippen LogP contribution is 2.32. The summed E-state index contributed by atoms with van der Waals surface area (Å²) in [5.74, 6) is -0.182. The Labute approximate surface area is 351 Å². The number of pyridine rings is 2. The summed E-state index contributed by atoms with van der Waals surface area (Å²) in [5.41, 5.74) is 10.7. The number of carbonyl (C=O) groups excluding carboxylic acids is 2. The number of hydrogen-bond acceptors (Lipinski definition) is 8. The maximum atomic E-state index is 13.2. The summed E-state index contributed by atoms with van der Waals surface area (Å²) in [6.07, 6.45) is 6.54. The molecule has 0 saturated carbocycles. The zero-order chi connectivity index (χ0) is 41.8. The van der Waals surface area contributed by atoms with Crippen LogP contribution in [0, 0.1) is 11.3 Å². The number of carbonyl (C=O) groups is 2. The lowest BCUT2D eigenvalue weighted by atomic mass is 10.0. The van der Waals surface area contributed by atoms with Gasteiger partial charge < -0.3 is 10.6 Å². The minimum absolute atomic E-state index is 0.273. The maximum Gasteiger partial charge on any atom is 0.257 e. The van der Waals surface area contributed by atoms with Gasteiger partial charge in [0.25, 0.3) is 11.8 Å². The van der Waals surface area contributed by atoms with E-state index < -0.39 is 0 Å². The fourth-order valence-electron chi connectivity index (χ4n) is 6.58. The van der Waals surface area contributed by atoms with E-state index >= 15 is 0 Å². The van der Waals surface area contributed by atoms with Gasteiger partial charge in [0, 0.05) is 41.5 Å². The highest BCUT2D eigenvalue weighted by molar-refractivity contribution is 6.07. The maximum absolute atomic E-state index is 13.2. The first-order valence-corrected chi connectivity index (χ1v) is 19.2. The van der Waals surface area contributed by atoms with E-state index in [2.05, 4.69) is 47.3 Å². The highest BCUT2D eigenvalue weighted by Gasteiger charge is 2.16. The number of rotatable bonds is 9. The van der Waals surface area contributed by atoms with Gasteiger partial charge in [0.2, 0.25) is 5.82 Å². The first-order chi connectivity index (χ1) is 30.0. The van der Waals surface area contributed by atoms with E-state index in [0.29, 0.717) is 39.5 Å². The van der Waals surface area contributed by atoms with Crippen LogP contribution in [-0.4, -0.2) is 42.4 Å². The average molecular weight is 794 g/mol. The topological polar surface area (TPSA) is 162 Å². The van der Waals surface area contributed by atoms with Gasteiger partial charge in [-0.2, -0.15) is 10.5 Å². The molecule has 0 atom stereocenters. The Kier molecular flexibility index (Phi) is 11.9.